The lowest BCUT2D eigenvalue weighted by Gasteiger charge is -2.13. The maximum absolute atomic E-state index is 5.94. The van der Waals surface area contributed by atoms with Crippen LogP contribution in [0.2, 0.25) is 0 Å². The molecule has 0 atom stereocenters. The Bertz CT molecular complexity index is 943. The zero-order valence-corrected chi connectivity index (χ0v) is 17.6. The third kappa shape index (κ3) is 5.14. The second-order valence-electron chi connectivity index (χ2n) is 7.22. The summed E-state index contributed by atoms with van der Waals surface area (Å²) in [4.78, 5) is 0. The van der Waals surface area contributed by atoms with Crippen LogP contribution in [-0.2, 0) is 24.5 Å². The standard InChI is InChI=1S/C25H27NO2S/c1-29-13-5-12-28-23-10-11-24-21(15-23)18-27-17-20-9-8-19(14-25(20)24)16-26-22-6-3-2-4-7-22/h2-4,6-11,14-15,26H,5,12-13,16-18H2,1H3. The number of anilines is 1. The largest absolute Gasteiger partial charge is 0.494 e. The Balaban J connectivity index is 1.53. The van der Waals surface area contributed by atoms with Crippen molar-refractivity contribution in [3.8, 4) is 16.9 Å². The van der Waals surface area contributed by atoms with Gasteiger partial charge >= 0.3 is 0 Å². The van der Waals surface area contributed by atoms with Crippen LogP contribution in [0.25, 0.3) is 11.1 Å². The van der Waals surface area contributed by atoms with Crippen LogP contribution in [0, 0.1) is 0 Å². The number of para-hydroxylation sites is 1. The molecule has 0 saturated heterocycles. The molecular weight excluding hydrogens is 378 g/mol. The normalized spacial score (nSPS) is 12.6. The maximum Gasteiger partial charge on any atom is 0.119 e. The van der Waals surface area contributed by atoms with Gasteiger partial charge in [0.05, 0.1) is 19.8 Å². The van der Waals surface area contributed by atoms with Crippen molar-refractivity contribution in [2.45, 2.75) is 26.2 Å². The molecule has 0 amide bonds. The number of hydrogen-bond donors (Lipinski definition) is 1. The van der Waals surface area contributed by atoms with Crippen molar-refractivity contribution in [3.63, 3.8) is 0 Å². The maximum atomic E-state index is 5.94. The lowest BCUT2D eigenvalue weighted by molar-refractivity contribution is 0.109. The van der Waals surface area contributed by atoms with E-state index < -0.39 is 0 Å². The highest BCUT2D eigenvalue weighted by Gasteiger charge is 2.16. The first-order valence-electron chi connectivity index (χ1n) is 10.1. The smallest absolute Gasteiger partial charge is 0.119 e. The Morgan fingerprint density at radius 3 is 2.66 bits per heavy atom. The van der Waals surface area contributed by atoms with Crippen molar-refractivity contribution < 1.29 is 9.47 Å². The molecule has 0 saturated carbocycles. The van der Waals surface area contributed by atoms with Gasteiger partial charge in [0, 0.05) is 12.2 Å². The highest BCUT2D eigenvalue weighted by molar-refractivity contribution is 7.98. The van der Waals surface area contributed by atoms with Gasteiger partial charge in [0.2, 0.25) is 0 Å². The van der Waals surface area contributed by atoms with Crippen molar-refractivity contribution in [3.05, 3.63) is 83.4 Å². The SMILES string of the molecule is CSCCCOc1ccc2c(c1)COCc1ccc(CNc3ccccc3)cc1-2. The van der Waals surface area contributed by atoms with Gasteiger partial charge in [-0.25, -0.2) is 0 Å². The molecule has 1 aliphatic heterocycles. The minimum absolute atomic E-state index is 0.615. The van der Waals surface area contributed by atoms with Gasteiger partial charge in [-0.05, 0) is 76.6 Å². The fourth-order valence-electron chi connectivity index (χ4n) is 3.58. The van der Waals surface area contributed by atoms with Crippen molar-refractivity contribution in [1.29, 1.82) is 0 Å². The predicted octanol–water partition coefficient (Wildman–Crippen LogP) is 6.13. The van der Waals surface area contributed by atoms with E-state index in [1.807, 2.05) is 30.0 Å². The van der Waals surface area contributed by atoms with Crippen molar-refractivity contribution in [2.24, 2.45) is 0 Å². The Labute approximate surface area is 177 Å². The van der Waals surface area contributed by atoms with E-state index in [0.29, 0.717) is 13.2 Å². The molecule has 150 valence electrons. The summed E-state index contributed by atoms with van der Waals surface area (Å²) in [5.74, 6) is 2.06. The first-order valence-corrected chi connectivity index (χ1v) is 11.5. The van der Waals surface area contributed by atoms with Gasteiger partial charge in [0.15, 0.2) is 0 Å². The van der Waals surface area contributed by atoms with Crippen molar-refractivity contribution in [1.82, 2.24) is 0 Å². The Kier molecular flexibility index (Phi) is 6.75. The molecule has 0 aliphatic carbocycles. The number of rotatable bonds is 8. The van der Waals surface area contributed by atoms with Gasteiger partial charge < -0.3 is 14.8 Å². The zero-order valence-electron chi connectivity index (χ0n) is 16.8. The molecule has 0 bridgehead atoms. The molecule has 0 spiro atoms. The molecule has 3 aromatic rings. The van der Waals surface area contributed by atoms with Crippen LogP contribution in [0.3, 0.4) is 0 Å². The number of ether oxygens (including phenoxy) is 2. The molecule has 1 heterocycles. The average molecular weight is 406 g/mol. The fourth-order valence-corrected chi connectivity index (χ4v) is 3.98. The summed E-state index contributed by atoms with van der Waals surface area (Å²) < 4.78 is 11.9. The topological polar surface area (TPSA) is 30.5 Å². The second kappa shape index (κ2) is 9.86. The summed E-state index contributed by atoms with van der Waals surface area (Å²) in [5, 5.41) is 3.50. The third-order valence-corrected chi connectivity index (χ3v) is 5.79. The Morgan fingerprint density at radius 2 is 1.79 bits per heavy atom. The molecule has 0 fully saturated rings. The van der Waals surface area contributed by atoms with Gasteiger partial charge in [0.25, 0.3) is 0 Å². The van der Waals surface area contributed by atoms with E-state index >= 15 is 0 Å². The van der Waals surface area contributed by atoms with E-state index in [1.54, 1.807) is 0 Å². The van der Waals surface area contributed by atoms with E-state index in [-0.39, 0.29) is 0 Å². The van der Waals surface area contributed by atoms with Crippen LogP contribution in [0.15, 0.2) is 66.7 Å². The van der Waals surface area contributed by atoms with Crippen LogP contribution in [0.1, 0.15) is 23.1 Å². The van der Waals surface area contributed by atoms with Gasteiger partial charge in [0.1, 0.15) is 5.75 Å². The van der Waals surface area contributed by atoms with Crippen LogP contribution in [0.5, 0.6) is 5.75 Å². The van der Waals surface area contributed by atoms with Crippen LogP contribution < -0.4 is 10.1 Å². The Morgan fingerprint density at radius 1 is 0.931 bits per heavy atom. The summed E-state index contributed by atoms with van der Waals surface area (Å²) in [5.41, 5.74) is 7.33. The summed E-state index contributed by atoms with van der Waals surface area (Å²) >= 11 is 1.85. The fraction of sp³-hybridized carbons (Fsp3) is 0.280. The molecule has 1 aliphatic rings. The van der Waals surface area contributed by atoms with E-state index in [2.05, 4.69) is 60.1 Å². The van der Waals surface area contributed by atoms with E-state index in [0.717, 1.165) is 36.8 Å². The molecule has 3 nitrogen and oxygen atoms in total. The second-order valence-corrected chi connectivity index (χ2v) is 8.20. The summed E-state index contributed by atoms with van der Waals surface area (Å²) in [7, 11) is 0. The van der Waals surface area contributed by atoms with Gasteiger partial charge in [-0.3, -0.25) is 0 Å². The summed E-state index contributed by atoms with van der Waals surface area (Å²) in [6.07, 6.45) is 3.19. The molecule has 0 radical (unpaired) electrons. The number of benzene rings is 3. The lowest BCUT2D eigenvalue weighted by Crippen LogP contribution is -2.01. The van der Waals surface area contributed by atoms with Gasteiger partial charge in [-0.2, -0.15) is 11.8 Å². The first-order chi connectivity index (χ1) is 14.3. The highest BCUT2D eigenvalue weighted by atomic mass is 32.2. The van der Waals surface area contributed by atoms with Gasteiger partial charge in [-0.1, -0.05) is 36.4 Å². The predicted molar refractivity (Wildman–Crippen MR) is 123 cm³/mol. The zero-order chi connectivity index (χ0) is 19.9. The number of fused-ring (bicyclic) bond motifs is 3. The number of hydrogen-bond acceptors (Lipinski definition) is 4. The van der Waals surface area contributed by atoms with Crippen molar-refractivity contribution >= 4 is 17.4 Å². The number of thioether (sulfide) groups is 1. The molecule has 29 heavy (non-hydrogen) atoms. The van der Waals surface area contributed by atoms with Gasteiger partial charge in [-0.15, -0.1) is 0 Å². The first kappa shape index (κ1) is 19.9. The summed E-state index contributed by atoms with van der Waals surface area (Å²) in [6.45, 7) is 2.81. The summed E-state index contributed by atoms with van der Waals surface area (Å²) in [6, 6.07) is 23.4. The molecule has 3 aromatic carbocycles. The molecule has 4 heteroatoms. The molecule has 0 unspecified atom stereocenters. The van der Waals surface area contributed by atoms with E-state index in [1.165, 1.54) is 27.8 Å². The highest BCUT2D eigenvalue weighted by Crippen LogP contribution is 2.34. The minimum atomic E-state index is 0.615. The van der Waals surface area contributed by atoms with E-state index in [4.69, 9.17) is 9.47 Å². The third-order valence-electron chi connectivity index (χ3n) is 5.09. The van der Waals surface area contributed by atoms with Crippen molar-refractivity contribution in [2.75, 3.05) is 23.9 Å². The molecule has 4 rings (SSSR count). The lowest BCUT2D eigenvalue weighted by atomic mass is 9.94. The molecule has 1 N–H and O–H groups in total. The van der Waals surface area contributed by atoms with E-state index in [9.17, 15) is 0 Å². The van der Waals surface area contributed by atoms with Crippen LogP contribution >= 0.6 is 11.8 Å². The number of nitrogens with one attached hydrogen (secondary N) is 1. The Hall–Kier alpha value is -2.43. The average Bonchev–Trinajstić information content (AvgIpc) is 2.94. The quantitative estimate of drug-likeness (QED) is 0.457. The van der Waals surface area contributed by atoms with Crippen LogP contribution in [-0.4, -0.2) is 18.6 Å². The van der Waals surface area contributed by atoms with Crippen LogP contribution in [0.4, 0.5) is 5.69 Å². The molecule has 0 aromatic heterocycles. The minimum Gasteiger partial charge on any atom is -0.494 e. The monoisotopic (exact) mass is 405 g/mol. The molecular formula is C25H27NO2S.